The average Bonchev–Trinajstić information content (AvgIpc) is 1.33. The molecule has 0 unspecified atom stereocenters. The zero-order chi connectivity index (χ0) is 6.28. The lowest BCUT2D eigenvalue weighted by molar-refractivity contribution is 2.45. The van der Waals surface area contributed by atoms with Crippen molar-refractivity contribution in [3.05, 3.63) is 23.2 Å². The Morgan fingerprint density at radius 1 is 1.38 bits per heavy atom. The molecule has 0 N–H and O–H groups in total. The highest BCUT2D eigenvalue weighted by Crippen LogP contribution is 1.98. The van der Waals surface area contributed by atoms with Crippen molar-refractivity contribution < 1.29 is 0 Å². The third-order valence-corrected chi connectivity index (χ3v) is 0. The summed E-state index contributed by atoms with van der Waals surface area (Å²) in [5.41, 5.74) is 1.22. The number of hydrogen-bond acceptors (Lipinski definition) is 0. The van der Waals surface area contributed by atoms with Crippen molar-refractivity contribution in [2.24, 2.45) is 0 Å². The lowest BCUT2D eigenvalue weighted by Crippen LogP contribution is -1.24. The fraction of sp³-hybridized carbons (Fsp3) is 0. The summed E-state index contributed by atoms with van der Waals surface area (Å²) in [4.78, 5) is 0. The van der Waals surface area contributed by atoms with Crippen LogP contribution in [0.2, 0.25) is 0 Å². The van der Waals surface area contributed by atoms with Crippen LogP contribution in [0.25, 0.3) is 0 Å². The van der Waals surface area contributed by atoms with Crippen molar-refractivity contribution >= 4 is 47.2 Å². The Bertz CT molecular complexity index is 55.1. The maximum atomic E-state index is 4.85. The van der Waals surface area contributed by atoms with E-state index in [1.54, 1.807) is 0 Å². The van der Waals surface area contributed by atoms with Gasteiger partial charge in [-0.25, -0.2) is 0 Å². The van der Waals surface area contributed by atoms with Crippen LogP contribution >= 0.6 is 47.2 Å². The van der Waals surface area contributed by atoms with Crippen molar-refractivity contribution in [1.29, 1.82) is 0 Å². The quantitative estimate of drug-likeness (QED) is 0.553. The van der Waals surface area contributed by atoms with E-state index in [9.17, 15) is 0 Å². The maximum Gasteiger partial charge on any atom is 0.0992 e. The first kappa shape index (κ1) is 15.9. The number of halogens is 4. The lowest BCUT2D eigenvalue weighted by Gasteiger charge is -1.57. The summed E-state index contributed by atoms with van der Waals surface area (Å²) in [6.45, 7) is 6.21. The molecule has 4 heteroatoms. The Kier molecular flexibility index (Phi) is 31.0. The molecule has 0 bridgehead atoms. The second-order valence-electron chi connectivity index (χ2n) is 0.493. The van der Waals surface area contributed by atoms with E-state index in [1.807, 2.05) is 0 Å². The predicted octanol–water partition coefficient (Wildman–Crippen LogP) is 3.73. The fourth-order valence-electron chi connectivity index (χ4n) is 0. The van der Waals surface area contributed by atoms with Crippen LogP contribution < -0.4 is 0 Å². The van der Waals surface area contributed by atoms with Gasteiger partial charge >= 0.3 is 0 Å². The molecule has 0 aliphatic carbocycles. The molecule has 0 aliphatic heterocycles. The minimum absolute atomic E-state index is 0. The van der Waals surface area contributed by atoms with Gasteiger partial charge in [-0.15, -0.1) is 12.4 Å². The summed E-state index contributed by atoms with van der Waals surface area (Å²) < 4.78 is 0.111. The van der Waals surface area contributed by atoms with E-state index in [0.29, 0.717) is 0 Å². The van der Waals surface area contributed by atoms with Gasteiger partial charge in [0.1, 0.15) is 0 Å². The molecular formula is C4H6Cl4. The van der Waals surface area contributed by atoms with E-state index in [1.165, 1.54) is 5.54 Å². The summed E-state index contributed by atoms with van der Waals surface area (Å²) >= 11 is 14.5. The molecule has 0 rings (SSSR count). The van der Waals surface area contributed by atoms with Crippen molar-refractivity contribution in [1.82, 2.24) is 0 Å². The molecule has 0 radical (unpaired) electrons. The summed E-state index contributed by atoms with van der Waals surface area (Å²) in [5.74, 6) is 0. The molecule has 50 valence electrons. The minimum Gasteiger partial charge on any atom is -0.147 e. The highest BCUT2D eigenvalue weighted by atomic mass is 35.5. The highest BCUT2D eigenvalue weighted by Gasteiger charge is 1.60. The molecule has 0 saturated carbocycles. The van der Waals surface area contributed by atoms with Crippen molar-refractivity contribution in [3.63, 3.8) is 0 Å². The van der Waals surface area contributed by atoms with Gasteiger partial charge in [-0.3, -0.25) is 0 Å². The summed E-state index contributed by atoms with van der Waals surface area (Å²) in [5, 5.41) is 0. The Morgan fingerprint density at radius 2 is 1.38 bits per heavy atom. The molecule has 8 heavy (non-hydrogen) atoms. The number of hydrogen-bond donors (Lipinski definition) is 0. The van der Waals surface area contributed by atoms with Crippen LogP contribution in [0.15, 0.2) is 23.2 Å². The molecule has 0 amide bonds. The average molecular weight is 196 g/mol. The predicted molar refractivity (Wildman–Crippen MR) is 44.1 cm³/mol. The van der Waals surface area contributed by atoms with E-state index in [0.717, 1.165) is 0 Å². The SMILES string of the molecule is C=C(Cl)Cl.C=CCl.Cl. The van der Waals surface area contributed by atoms with Gasteiger partial charge < -0.3 is 0 Å². The van der Waals surface area contributed by atoms with E-state index in [2.05, 4.69) is 13.2 Å². The smallest absolute Gasteiger partial charge is 0.0992 e. The summed E-state index contributed by atoms with van der Waals surface area (Å²) in [6.07, 6.45) is 0. The van der Waals surface area contributed by atoms with Crippen molar-refractivity contribution in [2.75, 3.05) is 0 Å². The van der Waals surface area contributed by atoms with E-state index in [-0.39, 0.29) is 16.9 Å². The fourth-order valence-corrected chi connectivity index (χ4v) is 0. The van der Waals surface area contributed by atoms with Crippen molar-refractivity contribution in [2.45, 2.75) is 0 Å². The first-order chi connectivity index (χ1) is 3.15. The topological polar surface area (TPSA) is 0 Å². The standard InChI is InChI=1S/C2H2Cl2.C2H3Cl.ClH/c1-2(3)4;1-2-3;/h1H2;2H,1H2;1H. The molecule has 0 aromatic heterocycles. The molecular weight excluding hydrogens is 190 g/mol. The lowest BCUT2D eigenvalue weighted by atomic mass is 11.3. The van der Waals surface area contributed by atoms with Crippen LogP contribution in [-0.2, 0) is 0 Å². The van der Waals surface area contributed by atoms with Crippen LogP contribution in [0.5, 0.6) is 0 Å². The van der Waals surface area contributed by atoms with E-state index < -0.39 is 0 Å². The molecule has 0 spiro atoms. The second-order valence-corrected chi connectivity index (χ2v) is 1.91. The minimum atomic E-state index is 0. The molecule has 0 atom stereocenters. The summed E-state index contributed by atoms with van der Waals surface area (Å²) in [7, 11) is 0. The van der Waals surface area contributed by atoms with Crippen LogP contribution in [0.1, 0.15) is 0 Å². The van der Waals surface area contributed by atoms with Crippen LogP contribution in [-0.4, -0.2) is 0 Å². The van der Waals surface area contributed by atoms with Gasteiger partial charge in [0.2, 0.25) is 0 Å². The van der Waals surface area contributed by atoms with Crippen molar-refractivity contribution in [3.8, 4) is 0 Å². The Labute approximate surface area is 70.5 Å². The third kappa shape index (κ3) is 516. The number of rotatable bonds is 0. The third-order valence-electron chi connectivity index (χ3n) is 0. The van der Waals surface area contributed by atoms with Gasteiger partial charge in [0.15, 0.2) is 0 Å². The zero-order valence-corrected chi connectivity index (χ0v) is 7.12. The maximum absolute atomic E-state index is 4.85. The Hall–Kier alpha value is 0.640. The Morgan fingerprint density at radius 3 is 1.38 bits per heavy atom. The molecule has 0 nitrogen and oxygen atoms in total. The zero-order valence-electron chi connectivity index (χ0n) is 4.03. The monoisotopic (exact) mass is 194 g/mol. The van der Waals surface area contributed by atoms with Crippen LogP contribution in [0.4, 0.5) is 0 Å². The molecule has 0 aromatic rings. The van der Waals surface area contributed by atoms with Crippen LogP contribution in [0, 0.1) is 0 Å². The Balaban J connectivity index is -0.0000000575. The van der Waals surface area contributed by atoms with Gasteiger partial charge in [0, 0.05) is 0 Å². The van der Waals surface area contributed by atoms with Gasteiger partial charge in [-0.2, -0.15) is 0 Å². The van der Waals surface area contributed by atoms with Gasteiger partial charge in [0.05, 0.1) is 4.49 Å². The van der Waals surface area contributed by atoms with E-state index >= 15 is 0 Å². The summed E-state index contributed by atoms with van der Waals surface area (Å²) in [6, 6.07) is 0. The normalized spacial score (nSPS) is 4.88. The molecule has 0 saturated heterocycles. The van der Waals surface area contributed by atoms with Gasteiger partial charge in [-0.1, -0.05) is 48.0 Å². The largest absolute Gasteiger partial charge is 0.147 e. The van der Waals surface area contributed by atoms with Gasteiger partial charge in [0.25, 0.3) is 0 Å². The first-order valence-electron chi connectivity index (χ1n) is 1.36. The molecule has 0 aliphatic rings. The molecule has 0 heterocycles. The van der Waals surface area contributed by atoms with E-state index in [4.69, 9.17) is 34.8 Å². The first-order valence-corrected chi connectivity index (χ1v) is 2.55. The molecule has 0 aromatic carbocycles. The highest BCUT2D eigenvalue weighted by molar-refractivity contribution is 6.55. The van der Waals surface area contributed by atoms with Gasteiger partial charge in [-0.05, 0) is 5.54 Å². The van der Waals surface area contributed by atoms with Crippen LogP contribution in [0.3, 0.4) is 0 Å². The second kappa shape index (κ2) is 15.6. The molecule has 0 fully saturated rings.